The van der Waals surface area contributed by atoms with Crippen LogP contribution in [0, 0.1) is 11.8 Å². The van der Waals surface area contributed by atoms with Crippen LogP contribution >= 0.6 is 0 Å². The first kappa shape index (κ1) is 26.1. The third kappa shape index (κ3) is 8.85. The molecule has 1 heterocycles. The van der Waals surface area contributed by atoms with Crippen LogP contribution in [-0.4, -0.2) is 38.6 Å². The van der Waals surface area contributed by atoms with Gasteiger partial charge in [-0.3, -0.25) is 9.10 Å². The van der Waals surface area contributed by atoms with Crippen molar-refractivity contribution in [1.29, 1.82) is 0 Å². The average molecular weight is 409 g/mol. The number of aldehydes is 1. The Labute approximate surface area is 171 Å². The molecule has 28 heavy (non-hydrogen) atoms. The van der Waals surface area contributed by atoms with Gasteiger partial charge in [0.2, 0.25) is 0 Å². The van der Waals surface area contributed by atoms with Crippen LogP contribution in [-0.2, 0) is 10.0 Å². The van der Waals surface area contributed by atoms with E-state index in [0.717, 1.165) is 11.8 Å². The van der Waals surface area contributed by atoms with E-state index in [-0.39, 0.29) is 4.90 Å². The standard InChI is InChI=1S/C12H15NO3S.C7H15N.C3H6/c1-4-13(10(2)3)17(15,16)12-7-5-11(9-14)6-8-12;1-6-3-7(2)5-8-4-6;1-3-2/h5-9H,2,4H2,1,3H3;6-8H,3-5H2,1-2H3;3H,1H2,2H3. The third-order valence-corrected chi connectivity index (χ3v) is 6.13. The molecule has 0 saturated carbocycles. The summed E-state index contributed by atoms with van der Waals surface area (Å²) in [6.07, 6.45) is 3.83. The molecular weight excluding hydrogens is 372 g/mol. The summed E-state index contributed by atoms with van der Waals surface area (Å²) in [6, 6.07) is 5.80. The van der Waals surface area contributed by atoms with Crippen LogP contribution in [0.25, 0.3) is 0 Å². The molecule has 6 heteroatoms. The van der Waals surface area contributed by atoms with Gasteiger partial charge in [0.05, 0.1) is 4.90 Å². The quantitative estimate of drug-likeness (QED) is 0.576. The van der Waals surface area contributed by atoms with E-state index < -0.39 is 10.0 Å². The molecule has 158 valence electrons. The van der Waals surface area contributed by atoms with Gasteiger partial charge in [0, 0.05) is 17.8 Å². The summed E-state index contributed by atoms with van der Waals surface area (Å²) in [6.45, 7) is 19.7. The lowest BCUT2D eigenvalue weighted by Crippen LogP contribution is -2.33. The summed E-state index contributed by atoms with van der Waals surface area (Å²) < 4.78 is 25.6. The molecule has 5 nitrogen and oxygen atoms in total. The maximum Gasteiger partial charge on any atom is 0.264 e. The molecule has 0 radical (unpaired) electrons. The second-order valence-electron chi connectivity index (χ2n) is 7.10. The molecule has 1 saturated heterocycles. The van der Waals surface area contributed by atoms with Crippen molar-refractivity contribution in [3.8, 4) is 0 Å². The number of carbonyl (C=O) groups excluding carboxylic acids is 1. The normalized spacial score (nSPS) is 18.5. The van der Waals surface area contributed by atoms with Crippen LogP contribution in [0.4, 0.5) is 0 Å². The minimum absolute atomic E-state index is 0.160. The van der Waals surface area contributed by atoms with Gasteiger partial charge in [0.15, 0.2) is 0 Å². The van der Waals surface area contributed by atoms with E-state index >= 15 is 0 Å². The maximum absolute atomic E-state index is 12.2. The fraction of sp³-hybridized carbons (Fsp3) is 0.500. The lowest BCUT2D eigenvalue weighted by Gasteiger charge is -2.24. The highest BCUT2D eigenvalue weighted by Crippen LogP contribution is 2.19. The van der Waals surface area contributed by atoms with Gasteiger partial charge in [0.25, 0.3) is 10.0 Å². The summed E-state index contributed by atoms with van der Waals surface area (Å²) in [5.74, 6) is 1.80. The number of nitrogens with one attached hydrogen (secondary N) is 1. The molecule has 2 unspecified atom stereocenters. The highest BCUT2D eigenvalue weighted by molar-refractivity contribution is 7.89. The number of rotatable bonds is 5. The average Bonchev–Trinajstić information content (AvgIpc) is 2.63. The van der Waals surface area contributed by atoms with E-state index in [4.69, 9.17) is 0 Å². The third-order valence-electron chi connectivity index (χ3n) is 4.11. The van der Waals surface area contributed by atoms with E-state index in [0.29, 0.717) is 24.1 Å². The molecule has 2 rings (SSSR count). The Bertz CT molecular complexity index is 704. The zero-order chi connectivity index (χ0) is 21.7. The first-order chi connectivity index (χ1) is 13.1. The van der Waals surface area contributed by atoms with E-state index in [1.165, 1.54) is 48.1 Å². The minimum atomic E-state index is -3.56. The Hall–Kier alpha value is -1.92. The number of piperidine rings is 1. The zero-order valence-electron chi connectivity index (χ0n) is 17.9. The van der Waals surface area contributed by atoms with Gasteiger partial charge >= 0.3 is 0 Å². The predicted octanol–water partition coefficient (Wildman–Crippen LogP) is 4.49. The van der Waals surface area contributed by atoms with Crippen LogP contribution in [0.1, 0.15) is 51.4 Å². The van der Waals surface area contributed by atoms with E-state index in [1.54, 1.807) is 19.9 Å². The van der Waals surface area contributed by atoms with Crippen molar-refractivity contribution >= 4 is 16.3 Å². The van der Waals surface area contributed by atoms with Crippen molar-refractivity contribution in [1.82, 2.24) is 9.62 Å². The topological polar surface area (TPSA) is 66.5 Å². The van der Waals surface area contributed by atoms with Crippen molar-refractivity contribution in [2.45, 2.75) is 45.9 Å². The number of sulfonamides is 1. The molecule has 1 aromatic carbocycles. The van der Waals surface area contributed by atoms with Crippen molar-refractivity contribution in [2.24, 2.45) is 11.8 Å². The van der Waals surface area contributed by atoms with Gasteiger partial charge in [-0.25, -0.2) is 8.42 Å². The second kappa shape index (κ2) is 13.3. The molecule has 0 bridgehead atoms. The highest BCUT2D eigenvalue weighted by Gasteiger charge is 2.22. The van der Waals surface area contributed by atoms with Crippen LogP contribution in [0.2, 0.25) is 0 Å². The Kier molecular flexibility index (Phi) is 12.4. The fourth-order valence-electron chi connectivity index (χ4n) is 2.92. The first-order valence-electron chi connectivity index (χ1n) is 9.65. The zero-order valence-corrected chi connectivity index (χ0v) is 18.8. The maximum atomic E-state index is 12.2. The number of hydrogen-bond acceptors (Lipinski definition) is 4. The summed E-state index contributed by atoms with van der Waals surface area (Å²) >= 11 is 0. The smallest absolute Gasteiger partial charge is 0.264 e. The first-order valence-corrected chi connectivity index (χ1v) is 11.1. The van der Waals surface area contributed by atoms with Crippen molar-refractivity contribution in [2.75, 3.05) is 19.6 Å². The van der Waals surface area contributed by atoms with Crippen molar-refractivity contribution in [3.05, 3.63) is 54.8 Å². The monoisotopic (exact) mass is 408 g/mol. The summed E-state index contributed by atoms with van der Waals surface area (Å²) in [7, 11) is -3.56. The number of nitrogens with zero attached hydrogens (tertiary/aromatic N) is 1. The Morgan fingerprint density at radius 3 is 1.96 bits per heavy atom. The van der Waals surface area contributed by atoms with Crippen molar-refractivity contribution < 1.29 is 13.2 Å². The molecule has 0 aliphatic carbocycles. The molecule has 1 N–H and O–H groups in total. The highest BCUT2D eigenvalue weighted by atomic mass is 32.2. The molecule has 0 aromatic heterocycles. The van der Waals surface area contributed by atoms with E-state index in [1.807, 2.05) is 6.92 Å². The molecule has 1 aliphatic heterocycles. The molecule has 1 fully saturated rings. The van der Waals surface area contributed by atoms with Crippen molar-refractivity contribution in [3.63, 3.8) is 0 Å². The number of hydrogen-bond donors (Lipinski definition) is 1. The summed E-state index contributed by atoms with van der Waals surface area (Å²) in [5, 5.41) is 3.38. The molecular formula is C22H36N2O3S. The van der Waals surface area contributed by atoms with Gasteiger partial charge in [0.1, 0.15) is 6.29 Å². The SMILES string of the molecule is C=C(C)N(CC)S(=O)(=O)c1ccc(C=O)cc1.C=CC.CC1CNCC(C)C1. The molecule has 1 aliphatic rings. The van der Waals surface area contributed by atoms with Crippen LogP contribution < -0.4 is 5.32 Å². The largest absolute Gasteiger partial charge is 0.316 e. The number of allylic oxidation sites excluding steroid dienone is 2. The second-order valence-corrected chi connectivity index (χ2v) is 8.97. The van der Waals surface area contributed by atoms with Crippen LogP contribution in [0.15, 0.2) is 54.1 Å². The Morgan fingerprint density at radius 2 is 1.68 bits per heavy atom. The lowest BCUT2D eigenvalue weighted by atomic mass is 9.94. The summed E-state index contributed by atoms with van der Waals surface area (Å²) in [4.78, 5) is 10.7. The minimum Gasteiger partial charge on any atom is -0.316 e. The fourth-order valence-corrected chi connectivity index (χ4v) is 4.41. The Balaban J connectivity index is 0.000000547. The predicted molar refractivity (Wildman–Crippen MR) is 118 cm³/mol. The molecule has 2 atom stereocenters. The van der Waals surface area contributed by atoms with Gasteiger partial charge in [-0.2, -0.15) is 0 Å². The van der Waals surface area contributed by atoms with Crippen LogP contribution in [0.5, 0.6) is 0 Å². The molecule has 1 aromatic rings. The van der Waals surface area contributed by atoms with E-state index in [2.05, 4.69) is 32.3 Å². The Morgan fingerprint density at radius 1 is 1.21 bits per heavy atom. The lowest BCUT2D eigenvalue weighted by molar-refractivity contribution is 0.112. The van der Waals surface area contributed by atoms with Crippen LogP contribution in [0.3, 0.4) is 0 Å². The van der Waals surface area contributed by atoms with Gasteiger partial charge in [-0.1, -0.05) is 38.6 Å². The van der Waals surface area contributed by atoms with Gasteiger partial charge in [-0.15, -0.1) is 6.58 Å². The number of carbonyl (C=O) groups is 1. The molecule has 0 amide bonds. The molecule has 0 spiro atoms. The summed E-state index contributed by atoms with van der Waals surface area (Å²) in [5.41, 5.74) is 0.911. The van der Waals surface area contributed by atoms with Gasteiger partial charge < -0.3 is 5.32 Å². The van der Waals surface area contributed by atoms with E-state index in [9.17, 15) is 13.2 Å². The number of benzene rings is 1. The van der Waals surface area contributed by atoms with Gasteiger partial charge in [-0.05, 0) is 64.3 Å².